The average Bonchev–Trinajstić information content (AvgIpc) is 0.703. The summed E-state index contributed by atoms with van der Waals surface area (Å²) in [7, 11) is 1.51. The summed E-state index contributed by atoms with van der Waals surface area (Å²) in [5, 5.41) is 36.1. The van der Waals surface area contributed by atoms with Crippen LogP contribution < -0.4 is 41.6 Å². The van der Waals surface area contributed by atoms with E-state index in [-0.39, 0.29) is 202 Å². The van der Waals surface area contributed by atoms with Gasteiger partial charge in [-0.15, -0.1) is 0 Å². The lowest BCUT2D eigenvalue weighted by molar-refractivity contribution is -0.132. The minimum atomic E-state index is -0.845. The van der Waals surface area contributed by atoms with E-state index in [0.29, 0.717) is 88.0 Å². The Balaban J connectivity index is 0.000000144. The first-order valence-electron chi connectivity index (χ1n) is 43.2. The molecular weight excluding hydrogens is 1750 g/mol. The molecule has 0 saturated carbocycles. The maximum Gasteiger partial charge on any atom is 0.283 e. The van der Waals surface area contributed by atoms with Crippen LogP contribution in [0.25, 0.3) is 83.9 Å². The number of nitrogens with zero attached hydrogens (tertiary/aromatic N) is 16. The van der Waals surface area contributed by atoms with Gasteiger partial charge in [-0.1, -0.05) is 114 Å². The number of halogens is 6. The van der Waals surface area contributed by atoms with Crippen molar-refractivity contribution in [3.05, 3.63) is 250 Å². The first kappa shape index (κ1) is 91.5. The molecule has 9 aromatic heterocycles. The number of pyridine rings is 9. The number of likely N-dealkylation sites (N-methyl/N-ethyl adjacent to an activating group) is 1. The van der Waals surface area contributed by atoms with E-state index in [1.54, 1.807) is 71.9 Å². The molecule has 0 bridgehead atoms. The summed E-state index contributed by atoms with van der Waals surface area (Å²) in [6, 6.07) is 20.1. The number of amides is 5. The van der Waals surface area contributed by atoms with Crippen LogP contribution in [0.4, 0.5) is 41.6 Å². The van der Waals surface area contributed by atoms with Gasteiger partial charge in [-0.05, 0) is 180 Å². The summed E-state index contributed by atoms with van der Waals surface area (Å²) < 4.78 is 52.8. The molecule has 0 aliphatic carbocycles. The molecule has 5 amide bonds. The number of piperazine rings is 3. The van der Waals surface area contributed by atoms with E-state index < -0.39 is 46.6 Å². The van der Waals surface area contributed by atoms with Crippen LogP contribution >= 0.6 is 34.8 Å². The van der Waals surface area contributed by atoms with E-state index in [1.165, 1.54) is 100.0 Å². The van der Waals surface area contributed by atoms with Crippen molar-refractivity contribution >= 4 is 126 Å². The molecule has 0 spiro atoms. The van der Waals surface area contributed by atoms with Crippen LogP contribution in [0.15, 0.2) is 162 Å². The lowest BCUT2D eigenvalue weighted by atomic mass is 9.91. The molecule has 6 aliphatic rings. The Bertz CT molecular complexity index is 7080. The number of hydrogen-bond donors (Lipinski definition) is 4. The molecule has 3 fully saturated rings. The van der Waals surface area contributed by atoms with Crippen LogP contribution in [0.5, 0.6) is 17.2 Å². The Kier molecular flexibility index (Phi) is 24.6. The van der Waals surface area contributed by atoms with Gasteiger partial charge in [0.05, 0.1) is 96.1 Å². The highest BCUT2D eigenvalue weighted by Gasteiger charge is 2.49. The fourth-order valence-electron chi connectivity index (χ4n) is 19.2. The number of rotatable bonds is 12. The number of phenols is 3. The van der Waals surface area contributed by atoms with Crippen molar-refractivity contribution in [1.29, 1.82) is 0 Å². The number of carbonyl (C=O) groups is 5. The van der Waals surface area contributed by atoms with Crippen molar-refractivity contribution in [3.8, 4) is 68.1 Å². The number of benzene rings is 3. The van der Waals surface area contributed by atoms with E-state index in [2.05, 4.69) is 49.9 Å². The number of hydrogen-bond acceptors (Lipinski definition) is 20. The molecule has 28 nitrogen and oxygen atoms in total. The van der Waals surface area contributed by atoms with Crippen LogP contribution in [0.3, 0.4) is 0 Å². The predicted molar refractivity (Wildman–Crippen MR) is 506 cm³/mol. The third kappa shape index (κ3) is 15.3. The summed E-state index contributed by atoms with van der Waals surface area (Å²) in [5.41, 5.74) is 6.07. The number of aryl methyl sites for hydroxylation is 3. The highest BCUT2D eigenvalue weighted by molar-refractivity contribution is 6.34. The van der Waals surface area contributed by atoms with Crippen LogP contribution in [0.2, 0.25) is 15.1 Å². The van der Waals surface area contributed by atoms with E-state index in [1.807, 2.05) is 89.2 Å². The lowest BCUT2D eigenvalue weighted by Gasteiger charge is -2.49. The van der Waals surface area contributed by atoms with Gasteiger partial charge in [-0.25, -0.2) is 28.1 Å². The Morgan fingerprint density at radius 3 is 1.21 bits per heavy atom. The van der Waals surface area contributed by atoms with Crippen LogP contribution in [0, 0.1) is 38.2 Å². The summed E-state index contributed by atoms with van der Waals surface area (Å²) in [6.45, 7) is 35.3. The maximum atomic E-state index is 16.3. The third-order valence-electron chi connectivity index (χ3n) is 25.5. The van der Waals surface area contributed by atoms with E-state index in [0.717, 1.165) is 16.8 Å². The highest BCUT2D eigenvalue weighted by Crippen LogP contribution is 2.49. The zero-order valence-corrected chi connectivity index (χ0v) is 76.9. The first-order valence-corrected chi connectivity index (χ1v) is 44.3. The van der Waals surface area contributed by atoms with E-state index in [4.69, 9.17) is 44.8 Å². The normalized spacial score (nSPS) is 18.0. The van der Waals surface area contributed by atoms with Gasteiger partial charge in [0.25, 0.3) is 22.6 Å². The second-order valence-corrected chi connectivity index (χ2v) is 36.1. The van der Waals surface area contributed by atoms with Gasteiger partial charge in [0, 0.05) is 97.7 Å². The van der Waals surface area contributed by atoms with E-state index in [9.17, 15) is 53.7 Å². The molecule has 6 atom stereocenters. The molecule has 6 aliphatic heterocycles. The number of phenolic OH excluding ortho intramolecular Hbond substituents is 3. The summed E-state index contributed by atoms with van der Waals surface area (Å²) in [6.07, 6.45) is 9.87. The Labute approximate surface area is 771 Å². The molecule has 0 radical (unpaired) electrons. The Morgan fingerprint density at radius 2 is 0.818 bits per heavy atom. The topological polar surface area (TPSA) is 324 Å². The molecule has 3 saturated heterocycles. The van der Waals surface area contributed by atoms with Crippen LogP contribution in [0.1, 0.15) is 126 Å². The van der Waals surface area contributed by atoms with Gasteiger partial charge in [0.1, 0.15) is 63.4 Å². The molecule has 15 heterocycles. The Morgan fingerprint density at radius 1 is 0.462 bits per heavy atom. The molecular formula is C98H95Cl3F3N17O11. The Hall–Kier alpha value is -13.8. The monoisotopic (exact) mass is 1850 g/mol. The molecule has 6 unspecified atom stereocenters. The number of fused-ring (bicyclic) bond motifs is 15. The molecule has 34 heteroatoms. The van der Waals surface area contributed by atoms with Crippen LogP contribution in [-0.4, -0.2) is 186 Å². The summed E-state index contributed by atoms with van der Waals surface area (Å²) >= 11 is 19.3. The van der Waals surface area contributed by atoms with Crippen molar-refractivity contribution < 1.29 is 52.5 Å². The second kappa shape index (κ2) is 35.5. The number of carbonyl (C=O) groups excluding carboxylic acids is 5. The number of nitrogens with one attached hydrogen (secondary N) is 1. The van der Waals surface area contributed by atoms with Crippen molar-refractivity contribution in [1.82, 2.24) is 58.3 Å². The zero-order valence-electron chi connectivity index (χ0n) is 74.6. The molecule has 18 rings (SSSR count). The van der Waals surface area contributed by atoms with Crippen LogP contribution in [-0.2, 0) is 30.4 Å². The smallest absolute Gasteiger partial charge is 0.283 e. The second-order valence-electron chi connectivity index (χ2n) is 34.9. The largest absolute Gasteiger partial charge is 0.507 e. The first-order chi connectivity index (χ1) is 62.8. The molecule has 3 aromatic carbocycles. The summed E-state index contributed by atoms with van der Waals surface area (Å²) in [5.74, 6) is -4.85. The number of anilines is 5. The molecule has 4 N–H and O–H groups in total. The lowest BCUT2D eigenvalue weighted by Crippen LogP contribution is -2.66. The zero-order chi connectivity index (χ0) is 94.8. The average molecular weight is 1850 g/mol. The van der Waals surface area contributed by atoms with Gasteiger partial charge in [0.15, 0.2) is 28.7 Å². The molecule has 12 aromatic rings. The van der Waals surface area contributed by atoms with Gasteiger partial charge in [-0.3, -0.25) is 67.0 Å². The number of aromatic hydroxyl groups is 3. The SMILES string of the molecule is C=CC(=O)N1CC2C(=O)N(C)c3c(c4cc(F)c(-c5c(O)cccc5Cl)nc4n(-c4c(C)ccnc4C(C)C)c3=O)N2CC1C.C=CC(=O)N1CC2C(=O)Nc3c(c4cc(F)c(-c5c(O)cccc5Cl)nc4n(-c4c(C)ccnc4C(C)C)c3=O)N2CC1C.C=CC(=O)N1CC2CCc3c(c4cc(F)c(-c5c(O)cccc5Cl)nc4n(-c4c(C)ccnc4C(C)C)c3=O)N2CC1C. The minimum Gasteiger partial charge on any atom is -0.507 e. The molecule has 132 heavy (non-hydrogen) atoms. The van der Waals surface area contributed by atoms with Crippen molar-refractivity contribution in [2.75, 3.05) is 71.2 Å². The number of aromatic nitrogens is 9. The maximum absolute atomic E-state index is 16.3. The van der Waals surface area contributed by atoms with Gasteiger partial charge in [-0.2, -0.15) is 0 Å². The minimum absolute atomic E-state index is 0.0129. The van der Waals surface area contributed by atoms with E-state index >= 15 is 13.2 Å². The molecule has 680 valence electrons. The summed E-state index contributed by atoms with van der Waals surface area (Å²) in [4.78, 5) is 149. The van der Waals surface area contributed by atoms with Gasteiger partial charge in [0.2, 0.25) is 23.6 Å². The highest BCUT2D eigenvalue weighted by atomic mass is 35.5. The van der Waals surface area contributed by atoms with Crippen molar-refractivity contribution in [2.45, 2.75) is 150 Å². The quantitative estimate of drug-likeness (QED) is 0.0826. The fraction of sp³-hybridized carbons (Fsp3) is 0.306. The van der Waals surface area contributed by atoms with Gasteiger partial charge >= 0.3 is 0 Å². The van der Waals surface area contributed by atoms with Crippen molar-refractivity contribution in [3.63, 3.8) is 0 Å². The van der Waals surface area contributed by atoms with Gasteiger partial charge < -0.3 is 54.9 Å². The fourth-order valence-corrected chi connectivity index (χ4v) is 20.0. The standard InChI is InChI=1S/C33H32ClFN6O4.C33H33ClFN5O3.C32H30ClFN6O4/c1-7-24(43)39-15-22-32(44)38(6)30-29(40(22)14-18(39)5)19-13-21(35)27(25-20(34)9-8-10-23(25)42)37-31(19)41(33(30)45)28-17(4)11-12-36-26(28)16(2)3;1-6-26(42)38-16-20-10-11-21-31(39(20)15-19(38)5)22-14-24(35)29(27-23(34)8-7-9-25(27)41)37-32(22)40(33(21)43)30-18(4)12-13-36-28(30)17(2)3;1-6-23(42)38-14-21-31(43)37-27-29(39(21)13-17(38)5)18-12-20(34)26(24-19(33)8-7-9-22(24)41)36-30(18)40(32(27)44)28-16(4)10-11-35-25(28)15(2)3/h7-13,16,18,22,42H,1,14-15H2,2-6H3;6-9,12-14,17,19-20,41H,1,10-11,15-16H2,2-5H3;6-12,15,17,21,41H,1,13-14H2,2-5H3,(H,37,43). The predicted octanol–water partition coefficient (Wildman–Crippen LogP) is 15.8. The van der Waals surface area contributed by atoms with Crippen molar-refractivity contribution in [2.24, 2.45) is 0 Å². The third-order valence-corrected chi connectivity index (χ3v) is 26.5.